The van der Waals surface area contributed by atoms with Crippen LogP contribution in [0.4, 0.5) is 0 Å². The molecule has 0 spiro atoms. The van der Waals surface area contributed by atoms with E-state index in [1.807, 2.05) is 0 Å². The van der Waals surface area contributed by atoms with Crippen LogP contribution in [0.15, 0.2) is 42.6 Å². The molecule has 2 heteroatoms. The van der Waals surface area contributed by atoms with Crippen LogP contribution in [0.25, 0.3) is 11.3 Å². The Labute approximate surface area is 117 Å². The summed E-state index contributed by atoms with van der Waals surface area (Å²) in [6.07, 6.45) is 2.05. The molecule has 0 fully saturated rings. The minimum atomic E-state index is -1.24. The van der Waals surface area contributed by atoms with Gasteiger partial charge in [-0.2, -0.15) is 0 Å². The van der Waals surface area contributed by atoms with Crippen molar-refractivity contribution in [3.8, 4) is 11.3 Å². The van der Waals surface area contributed by atoms with Gasteiger partial charge in [0.2, 0.25) is 0 Å². The van der Waals surface area contributed by atoms with Gasteiger partial charge in [0, 0.05) is 11.8 Å². The number of pyridine rings is 1. The lowest BCUT2D eigenvalue weighted by atomic mass is 10.0. The third-order valence-electron chi connectivity index (χ3n) is 3.50. The van der Waals surface area contributed by atoms with E-state index in [1.54, 1.807) is 0 Å². The lowest BCUT2D eigenvalue weighted by molar-refractivity contribution is 0.867. The highest BCUT2D eigenvalue weighted by atomic mass is 28.3. The molecule has 0 bridgehead atoms. The molecule has 0 N–H and O–H groups in total. The van der Waals surface area contributed by atoms with E-state index in [0.717, 1.165) is 5.69 Å². The first-order valence-electron chi connectivity index (χ1n) is 6.95. The fourth-order valence-corrected chi connectivity index (χ4v) is 3.08. The minimum absolute atomic E-state index is 0.580. The predicted molar refractivity (Wildman–Crippen MR) is 86.7 cm³/mol. The van der Waals surface area contributed by atoms with Crippen LogP contribution in [0.2, 0.25) is 19.6 Å². The Hall–Kier alpha value is -1.41. The second-order valence-electron chi connectivity index (χ2n) is 6.46. The zero-order chi connectivity index (χ0) is 14.0. The molecule has 0 saturated heterocycles. The first-order valence-corrected chi connectivity index (χ1v) is 10.4. The second-order valence-corrected chi connectivity index (χ2v) is 11.5. The number of rotatable bonds is 3. The second kappa shape index (κ2) is 5.30. The van der Waals surface area contributed by atoms with Crippen LogP contribution in [-0.4, -0.2) is 13.1 Å². The van der Waals surface area contributed by atoms with Gasteiger partial charge in [0.1, 0.15) is 0 Å². The van der Waals surface area contributed by atoms with Crippen LogP contribution in [0.1, 0.15) is 25.3 Å². The minimum Gasteiger partial charge on any atom is -0.256 e. The van der Waals surface area contributed by atoms with Gasteiger partial charge in [-0.15, -0.1) is 0 Å². The monoisotopic (exact) mass is 269 g/mol. The Balaban J connectivity index is 2.27. The highest BCUT2D eigenvalue weighted by Gasteiger charge is 2.16. The molecular formula is C17H23NSi. The van der Waals surface area contributed by atoms with E-state index in [1.165, 1.54) is 16.3 Å². The van der Waals surface area contributed by atoms with Crippen molar-refractivity contribution in [2.24, 2.45) is 0 Å². The van der Waals surface area contributed by atoms with Gasteiger partial charge in [0.15, 0.2) is 0 Å². The van der Waals surface area contributed by atoms with Crippen LogP contribution in [0.5, 0.6) is 0 Å². The average molecular weight is 269 g/mol. The maximum absolute atomic E-state index is 4.62. The van der Waals surface area contributed by atoms with Gasteiger partial charge in [0.05, 0.1) is 13.8 Å². The lowest BCUT2D eigenvalue weighted by Crippen LogP contribution is -2.37. The SMILES string of the molecule is CC(C)c1ccc(-c2ccc([Si](C)(C)C)cn2)cc1. The summed E-state index contributed by atoms with van der Waals surface area (Å²) >= 11 is 0. The van der Waals surface area contributed by atoms with Crippen molar-refractivity contribution < 1.29 is 0 Å². The fraction of sp³-hybridized carbons (Fsp3) is 0.353. The van der Waals surface area contributed by atoms with Crippen molar-refractivity contribution in [1.82, 2.24) is 4.98 Å². The van der Waals surface area contributed by atoms with Crippen molar-refractivity contribution in [2.75, 3.05) is 0 Å². The molecule has 0 radical (unpaired) electrons. The summed E-state index contributed by atoms with van der Waals surface area (Å²) in [7, 11) is -1.24. The highest BCUT2D eigenvalue weighted by Crippen LogP contribution is 2.20. The molecule has 0 aliphatic rings. The quantitative estimate of drug-likeness (QED) is 0.752. The van der Waals surface area contributed by atoms with E-state index in [0.29, 0.717) is 5.92 Å². The number of benzene rings is 1. The third-order valence-corrected chi connectivity index (χ3v) is 5.53. The molecule has 0 amide bonds. The zero-order valence-corrected chi connectivity index (χ0v) is 13.6. The number of hydrogen-bond acceptors (Lipinski definition) is 1. The normalized spacial score (nSPS) is 11.9. The van der Waals surface area contributed by atoms with Crippen LogP contribution < -0.4 is 5.19 Å². The molecule has 0 aliphatic carbocycles. The molecule has 19 heavy (non-hydrogen) atoms. The smallest absolute Gasteiger partial charge is 0.0796 e. The van der Waals surface area contributed by atoms with E-state index in [-0.39, 0.29) is 0 Å². The molecule has 1 aromatic carbocycles. The first kappa shape index (κ1) is 14.0. The van der Waals surface area contributed by atoms with Gasteiger partial charge in [-0.05, 0) is 22.7 Å². The maximum Gasteiger partial charge on any atom is 0.0796 e. The molecule has 100 valence electrons. The Morgan fingerprint density at radius 3 is 1.95 bits per heavy atom. The predicted octanol–water partition coefficient (Wildman–Crippen LogP) is 4.42. The molecule has 1 aromatic heterocycles. The molecule has 0 aliphatic heterocycles. The summed E-state index contributed by atoms with van der Waals surface area (Å²) in [4.78, 5) is 4.62. The average Bonchev–Trinajstić information content (AvgIpc) is 2.38. The molecule has 0 atom stereocenters. The number of nitrogens with zero attached hydrogens (tertiary/aromatic N) is 1. The Morgan fingerprint density at radius 2 is 1.53 bits per heavy atom. The maximum atomic E-state index is 4.62. The van der Waals surface area contributed by atoms with E-state index in [9.17, 15) is 0 Å². The summed E-state index contributed by atoms with van der Waals surface area (Å²) in [6, 6.07) is 13.1. The Morgan fingerprint density at radius 1 is 0.895 bits per heavy atom. The summed E-state index contributed by atoms with van der Waals surface area (Å²) in [5.74, 6) is 0.580. The zero-order valence-electron chi connectivity index (χ0n) is 12.6. The molecule has 2 rings (SSSR count). The van der Waals surface area contributed by atoms with Gasteiger partial charge in [-0.1, -0.05) is 63.8 Å². The van der Waals surface area contributed by atoms with Crippen LogP contribution in [-0.2, 0) is 0 Å². The van der Waals surface area contributed by atoms with Gasteiger partial charge < -0.3 is 0 Å². The number of hydrogen-bond donors (Lipinski definition) is 0. The number of aromatic nitrogens is 1. The molecule has 1 heterocycles. The fourth-order valence-electron chi connectivity index (χ4n) is 2.05. The summed E-state index contributed by atoms with van der Waals surface area (Å²) < 4.78 is 0. The first-order chi connectivity index (χ1) is 8.88. The molecule has 1 nitrogen and oxygen atoms in total. The van der Waals surface area contributed by atoms with E-state index < -0.39 is 8.07 Å². The van der Waals surface area contributed by atoms with Crippen molar-refractivity contribution in [2.45, 2.75) is 39.4 Å². The van der Waals surface area contributed by atoms with Gasteiger partial charge in [-0.3, -0.25) is 4.98 Å². The summed E-state index contributed by atoms with van der Waals surface area (Å²) in [6.45, 7) is 11.5. The Bertz CT molecular complexity index is 533. The van der Waals surface area contributed by atoms with E-state index >= 15 is 0 Å². The van der Waals surface area contributed by atoms with Crippen LogP contribution >= 0.6 is 0 Å². The third kappa shape index (κ3) is 3.32. The molecule has 2 aromatic rings. The summed E-state index contributed by atoms with van der Waals surface area (Å²) in [5, 5.41) is 1.41. The molecule has 0 saturated carbocycles. The highest BCUT2D eigenvalue weighted by molar-refractivity contribution is 6.88. The largest absolute Gasteiger partial charge is 0.256 e. The lowest BCUT2D eigenvalue weighted by Gasteiger charge is -2.16. The van der Waals surface area contributed by atoms with Crippen LogP contribution in [0, 0.1) is 0 Å². The molecule has 0 unspecified atom stereocenters. The van der Waals surface area contributed by atoms with Crippen molar-refractivity contribution >= 4 is 13.3 Å². The van der Waals surface area contributed by atoms with E-state index in [4.69, 9.17) is 0 Å². The molecular weight excluding hydrogens is 246 g/mol. The van der Waals surface area contributed by atoms with Gasteiger partial charge >= 0.3 is 0 Å². The van der Waals surface area contributed by atoms with Gasteiger partial charge in [-0.25, -0.2) is 0 Å². The van der Waals surface area contributed by atoms with Crippen molar-refractivity contribution in [3.05, 3.63) is 48.2 Å². The Kier molecular flexibility index (Phi) is 3.90. The van der Waals surface area contributed by atoms with E-state index in [2.05, 4.69) is 81.1 Å². The van der Waals surface area contributed by atoms with Crippen molar-refractivity contribution in [1.29, 1.82) is 0 Å². The van der Waals surface area contributed by atoms with Crippen molar-refractivity contribution in [3.63, 3.8) is 0 Å². The summed E-state index contributed by atoms with van der Waals surface area (Å²) in [5.41, 5.74) is 3.64. The standard InChI is InChI=1S/C17H23NSi/c1-13(2)14-6-8-15(9-7-14)17-11-10-16(12-18-17)19(3,4)5/h6-13H,1-5H3. The van der Waals surface area contributed by atoms with Crippen LogP contribution in [0.3, 0.4) is 0 Å². The van der Waals surface area contributed by atoms with Gasteiger partial charge in [0.25, 0.3) is 0 Å². The topological polar surface area (TPSA) is 12.9 Å².